The Morgan fingerprint density at radius 1 is 0.962 bits per heavy atom. The molecule has 4 rings (SSSR count). The number of likely N-dealkylation sites (tertiary alicyclic amines) is 1. The molecule has 1 atom stereocenters. The predicted molar refractivity (Wildman–Crippen MR) is 101 cm³/mol. The highest BCUT2D eigenvalue weighted by Gasteiger charge is 2.29. The molecular formula is C22H25NO3. The van der Waals surface area contributed by atoms with Crippen LogP contribution in [0.15, 0.2) is 54.6 Å². The second kappa shape index (κ2) is 7.92. The maximum Gasteiger partial charge on any atom is 0.260 e. The summed E-state index contributed by atoms with van der Waals surface area (Å²) in [7, 11) is 0. The van der Waals surface area contributed by atoms with Crippen LogP contribution in [0.1, 0.15) is 19.3 Å². The van der Waals surface area contributed by atoms with Crippen LogP contribution in [0, 0.1) is 5.92 Å². The number of ether oxygens (including phenoxy) is 2. The molecule has 4 nitrogen and oxygen atoms in total. The van der Waals surface area contributed by atoms with Gasteiger partial charge in [0, 0.05) is 19.7 Å². The summed E-state index contributed by atoms with van der Waals surface area (Å²) in [5.41, 5.74) is 2.31. The van der Waals surface area contributed by atoms with E-state index in [4.69, 9.17) is 9.47 Å². The van der Waals surface area contributed by atoms with Gasteiger partial charge in [0.1, 0.15) is 5.75 Å². The van der Waals surface area contributed by atoms with Crippen molar-refractivity contribution in [1.82, 2.24) is 4.90 Å². The fourth-order valence-electron chi connectivity index (χ4n) is 3.26. The van der Waals surface area contributed by atoms with Crippen molar-refractivity contribution in [3.8, 4) is 16.9 Å². The zero-order valence-corrected chi connectivity index (χ0v) is 15.0. The lowest BCUT2D eigenvalue weighted by molar-refractivity contribution is -0.132. The van der Waals surface area contributed by atoms with Gasteiger partial charge in [0.15, 0.2) is 6.61 Å². The van der Waals surface area contributed by atoms with Gasteiger partial charge in [-0.25, -0.2) is 0 Å². The molecule has 0 N–H and O–H groups in total. The molecule has 2 fully saturated rings. The molecule has 0 radical (unpaired) electrons. The van der Waals surface area contributed by atoms with Crippen LogP contribution in [0.5, 0.6) is 5.75 Å². The molecule has 1 saturated carbocycles. The van der Waals surface area contributed by atoms with Crippen LogP contribution in [0.2, 0.25) is 0 Å². The summed E-state index contributed by atoms with van der Waals surface area (Å²) in [6.07, 6.45) is 3.73. The highest BCUT2D eigenvalue weighted by atomic mass is 16.5. The molecular weight excluding hydrogens is 326 g/mol. The van der Waals surface area contributed by atoms with E-state index in [0.717, 1.165) is 36.8 Å². The number of hydrogen-bond donors (Lipinski definition) is 0. The average molecular weight is 351 g/mol. The predicted octanol–water partition coefficient (Wildman–Crippen LogP) is 3.76. The van der Waals surface area contributed by atoms with Crippen molar-refractivity contribution < 1.29 is 14.3 Å². The highest BCUT2D eigenvalue weighted by Crippen LogP contribution is 2.30. The van der Waals surface area contributed by atoms with Gasteiger partial charge in [-0.3, -0.25) is 4.79 Å². The molecule has 1 aliphatic carbocycles. The quantitative estimate of drug-likeness (QED) is 0.762. The summed E-state index contributed by atoms with van der Waals surface area (Å²) in [5.74, 6) is 1.52. The Labute approximate surface area is 154 Å². The average Bonchev–Trinajstić information content (AvgIpc) is 3.41. The minimum atomic E-state index is 0.0367. The van der Waals surface area contributed by atoms with Crippen LogP contribution in [0.3, 0.4) is 0 Å². The molecule has 2 aromatic rings. The Balaban J connectivity index is 1.24. The molecule has 0 bridgehead atoms. The second-order valence-corrected chi connectivity index (χ2v) is 7.21. The summed E-state index contributed by atoms with van der Waals surface area (Å²) in [4.78, 5) is 14.2. The molecule has 2 aliphatic rings. The van der Waals surface area contributed by atoms with Crippen LogP contribution >= 0.6 is 0 Å². The van der Waals surface area contributed by atoms with Crippen LogP contribution < -0.4 is 4.74 Å². The van der Waals surface area contributed by atoms with E-state index < -0.39 is 0 Å². The molecule has 0 spiro atoms. The van der Waals surface area contributed by atoms with Crippen LogP contribution in [-0.4, -0.2) is 43.2 Å². The third-order valence-corrected chi connectivity index (χ3v) is 5.09. The summed E-state index contributed by atoms with van der Waals surface area (Å²) >= 11 is 0. The van der Waals surface area contributed by atoms with Gasteiger partial charge in [-0.2, -0.15) is 0 Å². The number of hydrogen-bond acceptors (Lipinski definition) is 3. The molecule has 0 unspecified atom stereocenters. The van der Waals surface area contributed by atoms with E-state index in [0.29, 0.717) is 6.54 Å². The summed E-state index contributed by atoms with van der Waals surface area (Å²) in [6, 6.07) is 18.1. The fraction of sp³-hybridized carbons (Fsp3) is 0.409. The highest BCUT2D eigenvalue weighted by molar-refractivity contribution is 5.78. The van der Waals surface area contributed by atoms with Crippen molar-refractivity contribution >= 4 is 5.91 Å². The minimum Gasteiger partial charge on any atom is -0.484 e. The van der Waals surface area contributed by atoms with Crippen molar-refractivity contribution in [3.63, 3.8) is 0 Å². The maximum absolute atomic E-state index is 12.3. The van der Waals surface area contributed by atoms with Gasteiger partial charge in [0.25, 0.3) is 5.91 Å². The summed E-state index contributed by atoms with van der Waals surface area (Å²) in [6.45, 7) is 2.41. The Morgan fingerprint density at radius 3 is 2.42 bits per heavy atom. The van der Waals surface area contributed by atoms with Crippen molar-refractivity contribution in [2.75, 3.05) is 26.3 Å². The van der Waals surface area contributed by atoms with Crippen LogP contribution in [0.4, 0.5) is 0 Å². The largest absolute Gasteiger partial charge is 0.484 e. The number of carbonyl (C=O) groups is 1. The first-order valence-electron chi connectivity index (χ1n) is 9.45. The Kier molecular flexibility index (Phi) is 5.21. The molecule has 0 aromatic heterocycles. The number of nitrogens with zero attached hydrogens (tertiary/aromatic N) is 1. The third-order valence-electron chi connectivity index (χ3n) is 5.09. The molecule has 1 amide bonds. The minimum absolute atomic E-state index is 0.0367. The Morgan fingerprint density at radius 2 is 1.69 bits per heavy atom. The summed E-state index contributed by atoms with van der Waals surface area (Å²) in [5, 5.41) is 0. The SMILES string of the molecule is O=C(COc1ccc(-c2ccccc2)cc1)N1CC[C@H](OCC2CC2)C1. The van der Waals surface area contributed by atoms with E-state index in [1.54, 1.807) is 0 Å². The van der Waals surface area contributed by atoms with E-state index in [1.807, 2.05) is 47.4 Å². The molecule has 136 valence electrons. The molecule has 1 saturated heterocycles. The van der Waals surface area contributed by atoms with E-state index in [2.05, 4.69) is 12.1 Å². The van der Waals surface area contributed by atoms with E-state index in [9.17, 15) is 4.79 Å². The van der Waals surface area contributed by atoms with Gasteiger partial charge >= 0.3 is 0 Å². The van der Waals surface area contributed by atoms with Gasteiger partial charge in [-0.1, -0.05) is 42.5 Å². The normalized spacial score (nSPS) is 19.5. The lowest BCUT2D eigenvalue weighted by Gasteiger charge is -2.17. The first kappa shape index (κ1) is 17.1. The maximum atomic E-state index is 12.3. The standard InChI is InChI=1S/C22H25NO3/c24-22(23-13-12-21(14-23)25-15-17-6-7-17)16-26-20-10-8-19(9-11-20)18-4-2-1-3-5-18/h1-5,8-11,17,21H,6-7,12-16H2/t21-/m0/s1. The fourth-order valence-corrected chi connectivity index (χ4v) is 3.26. The van der Waals surface area contributed by atoms with Gasteiger partial charge in [-0.05, 0) is 48.4 Å². The van der Waals surface area contributed by atoms with Crippen LogP contribution in [0.25, 0.3) is 11.1 Å². The zero-order valence-electron chi connectivity index (χ0n) is 15.0. The first-order valence-corrected chi connectivity index (χ1v) is 9.45. The van der Waals surface area contributed by atoms with Crippen LogP contribution in [-0.2, 0) is 9.53 Å². The third kappa shape index (κ3) is 4.44. The van der Waals surface area contributed by atoms with E-state index in [1.165, 1.54) is 18.4 Å². The Bertz CT molecular complexity index is 725. The smallest absolute Gasteiger partial charge is 0.260 e. The lowest BCUT2D eigenvalue weighted by Crippen LogP contribution is -2.34. The van der Waals surface area contributed by atoms with E-state index in [-0.39, 0.29) is 18.6 Å². The van der Waals surface area contributed by atoms with E-state index >= 15 is 0 Å². The van der Waals surface area contributed by atoms with Gasteiger partial charge in [0.05, 0.1) is 6.10 Å². The summed E-state index contributed by atoms with van der Waals surface area (Å²) < 4.78 is 11.6. The lowest BCUT2D eigenvalue weighted by atomic mass is 10.1. The molecule has 2 aromatic carbocycles. The number of carbonyl (C=O) groups excluding carboxylic acids is 1. The van der Waals surface area contributed by atoms with Gasteiger partial charge in [0.2, 0.25) is 0 Å². The number of rotatable bonds is 7. The van der Waals surface area contributed by atoms with Crippen molar-refractivity contribution in [2.24, 2.45) is 5.92 Å². The van der Waals surface area contributed by atoms with Gasteiger partial charge in [-0.15, -0.1) is 0 Å². The zero-order chi connectivity index (χ0) is 17.8. The Hall–Kier alpha value is -2.33. The van der Waals surface area contributed by atoms with Crippen molar-refractivity contribution in [3.05, 3.63) is 54.6 Å². The van der Waals surface area contributed by atoms with Gasteiger partial charge < -0.3 is 14.4 Å². The number of amides is 1. The second-order valence-electron chi connectivity index (χ2n) is 7.21. The molecule has 1 aliphatic heterocycles. The topological polar surface area (TPSA) is 38.8 Å². The molecule has 26 heavy (non-hydrogen) atoms. The monoisotopic (exact) mass is 351 g/mol. The molecule has 1 heterocycles. The van der Waals surface area contributed by atoms with Crippen molar-refractivity contribution in [2.45, 2.75) is 25.4 Å². The van der Waals surface area contributed by atoms with Crippen molar-refractivity contribution in [1.29, 1.82) is 0 Å². The first-order chi connectivity index (χ1) is 12.8. The molecule has 4 heteroatoms. The number of benzene rings is 2.